The molecular weight excluding hydrogens is 232 g/mol. The van der Waals surface area contributed by atoms with Gasteiger partial charge >= 0.3 is 5.97 Å². The fourth-order valence-electron chi connectivity index (χ4n) is 3.78. The minimum atomic E-state index is -0.562. The molecule has 0 aromatic rings. The van der Waals surface area contributed by atoms with Gasteiger partial charge in [0.2, 0.25) is 0 Å². The maximum atomic E-state index is 12.2. The summed E-state index contributed by atoms with van der Waals surface area (Å²) in [5.74, 6) is -0.138. The molecule has 4 rings (SSSR count). The van der Waals surface area contributed by atoms with Crippen molar-refractivity contribution in [2.24, 2.45) is 0 Å². The van der Waals surface area contributed by atoms with E-state index in [4.69, 9.17) is 14.2 Å². The Kier molecular flexibility index (Phi) is 2.31. The van der Waals surface area contributed by atoms with E-state index in [-0.39, 0.29) is 17.7 Å². The molecule has 2 saturated carbocycles. The SMILES string of the molecule is O=C(OCC12CCCCC1O2)C12CCCCC1O2. The van der Waals surface area contributed by atoms with Gasteiger partial charge in [-0.05, 0) is 32.1 Å². The normalized spacial score (nSPS) is 48.9. The Balaban J connectivity index is 1.34. The van der Waals surface area contributed by atoms with Gasteiger partial charge in [-0.3, -0.25) is 0 Å². The van der Waals surface area contributed by atoms with Crippen LogP contribution in [0, 0.1) is 0 Å². The van der Waals surface area contributed by atoms with Gasteiger partial charge in [-0.15, -0.1) is 0 Å². The maximum absolute atomic E-state index is 12.2. The van der Waals surface area contributed by atoms with Gasteiger partial charge in [0.05, 0.1) is 12.2 Å². The molecule has 4 aliphatic rings. The van der Waals surface area contributed by atoms with Gasteiger partial charge in [0.1, 0.15) is 12.2 Å². The van der Waals surface area contributed by atoms with Crippen LogP contribution in [-0.4, -0.2) is 36.0 Å². The second-order valence-corrected chi connectivity index (χ2v) is 6.23. The van der Waals surface area contributed by atoms with Crippen molar-refractivity contribution >= 4 is 5.97 Å². The lowest BCUT2D eigenvalue weighted by Crippen LogP contribution is -2.35. The average Bonchev–Trinajstić information content (AvgIpc) is 3.27. The van der Waals surface area contributed by atoms with E-state index < -0.39 is 5.60 Å². The fourth-order valence-corrected chi connectivity index (χ4v) is 3.78. The molecule has 0 radical (unpaired) electrons. The molecule has 0 spiro atoms. The molecule has 100 valence electrons. The third-order valence-electron chi connectivity index (χ3n) is 5.10. The number of ether oxygens (including phenoxy) is 3. The molecule has 4 atom stereocenters. The first-order valence-electron chi connectivity index (χ1n) is 7.28. The number of epoxide rings is 2. The summed E-state index contributed by atoms with van der Waals surface area (Å²) in [6.45, 7) is 0.439. The maximum Gasteiger partial charge on any atom is 0.341 e. The van der Waals surface area contributed by atoms with E-state index in [0.29, 0.717) is 12.7 Å². The van der Waals surface area contributed by atoms with E-state index in [9.17, 15) is 4.79 Å². The van der Waals surface area contributed by atoms with Crippen LogP contribution >= 0.6 is 0 Å². The molecule has 4 unspecified atom stereocenters. The largest absolute Gasteiger partial charge is 0.460 e. The zero-order valence-corrected chi connectivity index (χ0v) is 10.7. The van der Waals surface area contributed by atoms with Crippen molar-refractivity contribution in [3.8, 4) is 0 Å². The smallest absolute Gasteiger partial charge is 0.341 e. The molecule has 0 amide bonds. The first-order chi connectivity index (χ1) is 8.75. The molecular formula is C14H20O4. The molecule has 0 N–H and O–H groups in total. The van der Waals surface area contributed by atoms with Crippen molar-refractivity contribution in [2.75, 3.05) is 6.61 Å². The molecule has 4 fully saturated rings. The van der Waals surface area contributed by atoms with Crippen LogP contribution in [0.15, 0.2) is 0 Å². The Labute approximate surface area is 107 Å². The predicted molar refractivity (Wildman–Crippen MR) is 63.1 cm³/mol. The van der Waals surface area contributed by atoms with E-state index in [2.05, 4.69) is 0 Å². The van der Waals surface area contributed by atoms with E-state index in [1.807, 2.05) is 0 Å². The lowest BCUT2D eigenvalue weighted by Gasteiger charge is -2.20. The van der Waals surface area contributed by atoms with E-state index in [1.165, 1.54) is 19.3 Å². The van der Waals surface area contributed by atoms with Crippen molar-refractivity contribution in [3.05, 3.63) is 0 Å². The van der Waals surface area contributed by atoms with Crippen molar-refractivity contribution in [1.82, 2.24) is 0 Å². The molecule has 2 heterocycles. The third-order valence-corrected chi connectivity index (χ3v) is 5.10. The molecule has 4 nitrogen and oxygen atoms in total. The molecule has 0 aromatic heterocycles. The summed E-state index contributed by atoms with van der Waals surface area (Å²) in [6, 6.07) is 0. The number of hydrogen-bond donors (Lipinski definition) is 0. The van der Waals surface area contributed by atoms with Crippen LogP contribution in [-0.2, 0) is 19.0 Å². The van der Waals surface area contributed by atoms with Crippen molar-refractivity contribution in [1.29, 1.82) is 0 Å². The monoisotopic (exact) mass is 252 g/mol. The topological polar surface area (TPSA) is 51.4 Å². The van der Waals surface area contributed by atoms with Crippen LogP contribution in [0.4, 0.5) is 0 Å². The number of rotatable bonds is 3. The highest BCUT2D eigenvalue weighted by molar-refractivity contribution is 5.83. The predicted octanol–water partition coefficient (Wildman–Crippen LogP) is 1.95. The summed E-state index contributed by atoms with van der Waals surface area (Å²) in [6.07, 6.45) is 9.20. The summed E-state index contributed by atoms with van der Waals surface area (Å²) >= 11 is 0. The molecule has 2 aliphatic heterocycles. The lowest BCUT2D eigenvalue weighted by atomic mass is 9.88. The molecule has 4 heteroatoms. The van der Waals surface area contributed by atoms with Crippen LogP contribution in [0.1, 0.15) is 51.4 Å². The van der Waals surface area contributed by atoms with Gasteiger partial charge in [0.25, 0.3) is 0 Å². The minimum absolute atomic E-state index is 0.121. The van der Waals surface area contributed by atoms with E-state index in [1.54, 1.807) is 0 Å². The minimum Gasteiger partial charge on any atom is -0.460 e. The number of carbonyl (C=O) groups is 1. The van der Waals surface area contributed by atoms with Crippen LogP contribution < -0.4 is 0 Å². The number of hydrogen-bond acceptors (Lipinski definition) is 4. The van der Waals surface area contributed by atoms with Crippen LogP contribution in [0.5, 0.6) is 0 Å². The zero-order valence-electron chi connectivity index (χ0n) is 10.7. The zero-order chi connectivity index (χ0) is 12.2. The number of carbonyl (C=O) groups excluding carboxylic acids is 1. The van der Waals surface area contributed by atoms with Crippen LogP contribution in [0.3, 0.4) is 0 Å². The number of esters is 1. The first-order valence-corrected chi connectivity index (χ1v) is 7.28. The van der Waals surface area contributed by atoms with Crippen molar-refractivity contribution in [2.45, 2.75) is 74.8 Å². The fraction of sp³-hybridized carbons (Fsp3) is 0.929. The third kappa shape index (κ3) is 1.55. The van der Waals surface area contributed by atoms with Gasteiger partial charge < -0.3 is 14.2 Å². The Morgan fingerprint density at radius 3 is 2.61 bits per heavy atom. The van der Waals surface area contributed by atoms with Gasteiger partial charge in [-0.1, -0.05) is 19.3 Å². The Morgan fingerprint density at radius 2 is 1.83 bits per heavy atom. The second-order valence-electron chi connectivity index (χ2n) is 6.23. The summed E-state index contributed by atoms with van der Waals surface area (Å²) in [5, 5.41) is 0. The Bertz CT molecular complexity index is 382. The molecule has 0 aromatic carbocycles. The lowest BCUT2D eigenvalue weighted by molar-refractivity contribution is -0.152. The summed E-state index contributed by atoms with van der Waals surface area (Å²) < 4.78 is 16.9. The van der Waals surface area contributed by atoms with E-state index in [0.717, 1.165) is 32.1 Å². The van der Waals surface area contributed by atoms with Gasteiger partial charge in [-0.2, -0.15) is 0 Å². The van der Waals surface area contributed by atoms with Crippen molar-refractivity contribution in [3.63, 3.8) is 0 Å². The molecule has 0 bridgehead atoms. The summed E-state index contributed by atoms with van der Waals surface area (Å²) in [5.41, 5.74) is -0.683. The molecule has 18 heavy (non-hydrogen) atoms. The molecule has 2 aliphatic carbocycles. The highest BCUT2D eigenvalue weighted by Crippen LogP contribution is 2.50. The Hall–Kier alpha value is -0.610. The van der Waals surface area contributed by atoms with Gasteiger partial charge in [0.15, 0.2) is 5.60 Å². The van der Waals surface area contributed by atoms with Gasteiger partial charge in [-0.25, -0.2) is 4.79 Å². The summed E-state index contributed by atoms with van der Waals surface area (Å²) in [4.78, 5) is 12.2. The van der Waals surface area contributed by atoms with E-state index >= 15 is 0 Å². The molecule has 2 saturated heterocycles. The average molecular weight is 252 g/mol. The van der Waals surface area contributed by atoms with Crippen LogP contribution in [0.2, 0.25) is 0 Å². The van der Waals surface area contributed by atoms with Crippen molar-refractivity contribution < 1.29 is 19.0 Å². The first kappa shape index (κ1) is 11.2. The second kappa shape index (κ2) is 3.70. The standard InChI is InChI=1S/C14H20O4/c15-12(14-8-4-2-6-11(14)18-14)16-9-13-7-3-1-5-10(13)17-13/h10-11H,1-9H2. The van der Waals surface area contributed by atoms with Crippen LogP contribution in [0.25, 0.3) is 0 Å². The highest BCUT2D eigenvalue weighted by atomic mass is 16.7. The van der Waals surface area contributed by atoms with Gasteiger partial charge in [0, 0.05) is 0 Å². The summed E-state index contributed by atoms with van der Waals surface area (Å²) in [7, 11) is 0. The Morgan fingerprint density at radius 1 is 1.06 bits per heavy atom. The quantitative estimate of drug-likeness (QED) is 0.569. The number of fused-ring (bicyclic) bond motifs is 2. The highest BCUT2D eigenvalue weighted by Gasteiger charge is 2.65.